The van der Waals surface area contributed by atoms with Crippen LogP contribution in [0.1, 0.15) is 149 Å². The Labute approximate surface area is 290 Å². The van der Waals surface area contributed by atoms with Crippen molar-refractivity contribution in [3.05, 3.63) is 48.6 Å². The third kappa shape index (κ3) is 30.2. The number of ether oxygens (including phenoxy) is 1. The summed E-state index contributed by atoms with van der Waals surface area (Å²) in [6, 6.07) is -1.39. The van der Waals surface area contributed by atoms with Gasteiger partial charge in [-0.25, -0.2) is 4.79 Å². The Kier molecular flexibility index (Phi) is 31.4. The lowest BCUT2D eigenvalue weighted by molar-refractivity contribution is -0.150. The van der Waals surface area contributed by atoms with Crippen molar-refractivity contribution in [1.82, 2.24) is 10.6 Å². The molecule has 48 heavy (non-hydrogen) atoms. The number of aliphatic carboxylic acids is 1. The number of rotatable bonds is 32. The van der Waals surface area contributed by atoms with Crippen LogP contribution in [0.5, 0.6) is 0 Å². The van der Waals surface area contributed by atoms with E-state index in [1.807, 2.05) is 0 Å². The summed E-state index contributed by atoms with van der Waals surface area (Å²) >= 11 is 0. The van der Waals surface area contributed by atoms with E-state index < -0.39 is 24.5 Å². The normalized spacial score (nSPS) is 13.1. The summed E-state index contributed by atoms with van der Waals surface area (Å²) < 4.78 is 5.84. The predicted molar refractivity (Wildman–Crippen MR) is 194 cm³/mol. The molecule has 0 saturated carbocycles. The van der Waals surface area contributed by atoms with Crippen molar-refractivity contribution in [1.29, 1.82) is 0 Å². The lowest BCUT2D eigenvalue weighted by Gasteiger charge is -2.18. The second-order valence-corrected chi connectivity index (χ2v) is 12.3. The topological polar surface area (TPSA) is 142 Å². The number of unbranched alkanes of at least 4 members (excludes halogenated alkanes) is 10. The first kappa shape index (κ1) is 44.8. The molecule has 0 radical (unpaired) electrons. The number of carbonyl (C=O) groups excluding carboxylic acids is 3. The van der Waals surface area contributed by atoms with Gasteiger partial charge in [0.15, 0.2) is 0 Å². The molecule has 0 aromatic carbocycles. The van der Waals surface area contributed by atoms with Crippen LogP contribution in [0, 0.1) is 0 Å². The summed E-state index contributed by atoms with van der Waals surface area (Å²) in [5, 5.41) is 22.4. The molecule has 0 fully saturated rings. The Hall–Kier alpha value is -3.20. The second kappa shape index (κ2) is 33.7. The molecular weight excluding hydrogens is 608 g/mol. The van der Waals surface area contributed by atoms with Crippen LogP contribution in [0.2, 0.25) is 0 Å². The second-order valence-electron chi connectivity index (χ2n) is 12.3. The summed E-state index contributed by atoms with van der Waals surface area (Å²) in [6.45, 7) is 3.23. The third-order valence-electron chi connectivity index (χ3n) is 7.84. The zero-order chi connectivity index (χ0) is 35.5. The summed E-state index contributed by atoms with van der Waals surface area (Å²) in [4.78, 5) is 47.2. The van der Waals surface area contributed by atoms with Crippen LogP contribution in [0.25, 0.3) is 0 Å². The first-order valence-corrected chi connectivity index (χ1v) is 18.5. The summed E-state index contributed by atoms with van der Waals surface area (Å²) in [5.41, 5.74) is 0. The molecule has 0 aliphatic rings. The largest absolute Gasteiger partial charge is 0.480 e. The average Bonchev–Trinajstić information content (AvgIpc) is 3.06. The smallest absolute Gasteiger partial charge is 0.328 e. The van der Waals surface area contributed by atoms with Crippen LogP contribution in [-0.2, 0) is 23.9 Å². The molecule has 0 rings (SSSR count). The van der Waals surface area contributed by atoms with Gasteiger partial charge in [0, 0.05) is 12.8 Å². The van der Waals surface area contributed by atoms with E-state index in [0.29, 0.717) is 12.8 Å². The highest BCUT2D eigenvalue weighted by Gasteiger charge is 2.19. The lowest BCUT2D eigenvalue weighted by Crippen LogP contribution is -2.47. The van der Waals surface area contributed by atoms with Crippen molar-refractivity contribution in [2.24, 2.45) is 0 Å². The lowest BCUT2D eigenvalue weighted by atomic mass is 10.0. The van der Waals surface area contributed by atoms with Gasteiger partial charge in [-0.3, -0.25) is 14.4 Å². The van der Waals surface area contributed by atoms with Crippen LogP contribution in [-0.4, -0.2) is 59.3 Å². The van der Waals surface area contributed by atoms with Crippen LogP contribution in [0.4, 0.5) is 0 Å². The van der Waals surface area contributed by atoms with Crippen molar-refractivity contribution >= 4 is 23.8 Å². The van der Waals surface area contributed by atoms with Gasteiger partial charge >= 0.3 is 11.9 Å². The standard InChI is InChI=1S/C39H66N2O7/c1-3-5-7-8-9-10-11-12-13-14-15-16-17-18-19-20-21-22-27-31-38(45)48-34(28-24-6-4-2)29-25-23-26-30-36(43)40-32-37(44)41-35(33-42)39(46)47/h5,7,9-10,12-13,15-16,34-35,42H,3-4,6,8,11,14,17-33H2,1-2H3,(H,40,43)(H,41,44)(H,46,47)/b7-5-,10-9-,13-12-,16-15-. The minimum absolute atomic E-state index is 0.0892. The van der Waals surface area contributed by atoms with Crippen molar-refractivity contribution in [2.45, 2.75) is 161 Å². The number of carbonyl (C=O) groups is 4. The monoisotopic (exact) mass is 674 g/mol. The fraction of sp³-hybridized carbons (Fsp3) is 0.692. The fourth-order valence-corrected chi connectivity index (χ4v) is 5.00. The van der Waals surface area contributed by atoms with E-state index in [4.69, 9.17) is 14.9 Å². The molecule has 274 valence electrons. The van der Waals surface area contributed by atoms with Crippen molar-refractivity contribution in [3.63, 3.8) is 0 Å². The van der Waals surface area contributed by atoms with Crippen molar-refractivity contribution in [2.75, 3.05) is 13.2 Å². The van der Waals surface area contributed by atoms with Gasteiger partial charge < -0.3 is 25.6 Å². The molecule has 0 saturated heterocycles. The number of esters is 1. The molecule has 0 heterocycles. The third-order valence-corrected chi connectivity index (χ3v) is 7.84. The Morgan fingerprint density at radius 3 is 1.79 bits per heavy atom. The van der Waals surface area contributed by atoms with Crippen LogP contribution in [0.15, 0.2) is 48.6 Å². The van der Waals surface area contributed by atoms with Crippen LogP contribution in [0.3, 0.4) is 0 Å². The fourth-order valence-electron chi connectivity index (χ4n) is 5.00. The molecule has 0 aliphatic heterocycles. The Balaban J connectivity index is 3.99. The number of nitrogens with one attached hydrogen (secondary N) is 2. The van der Waals surface area contributed by atoms with Gasteiger partial charge in [-0.15, -0.1) is 0 Å². The number of aliphatic hydroxyl groups excluding tert-OH is 1. The summed E-state index contributed by atoms with van der Waals surface area (Å²) in [5.74, 6) is -2.42. The molecule has 2 atom stereocenters. The van der Waals surface area contributed by atoms with E-state index in [9.17, 15) is 19.2 Å². The number of amides is 2. The SMILES string of the molecule is CC/C=C\C/C=C\C/C=C\C/C=C\CCCCCCCCC(=O)OC(CCCCC)CCCCCC(=O)NCC(=O)NC(CO)C(=O)O. The molecular formula is C39H66N2O7. The number of aliphatic hydroxyl groups is 1. The first-order chi connectivity index (χ1) is 23.3. The molecule has 9 nitrogen and oxygen atoms in total. The molecule has 0 aliphatic carbocycles. The molecule has 0 spiro atoms. The van der Waals surface area contributed by atoms with Crippen molar-refractivity contribution in [3.8, 4) is 0 Å². The van der Waals surface area contributed by atoms with Gasteiger partial charge in [0.1, 0.15) is 12.1 Å². The van der Waals surface area contributed by atoms with E-state index in [1.54, 1.807) is 0 Å². The Morgan fingerprint density at radius 1 is 0.646 bits per heavy atom. The van der Waals surface area contributed by atoms with E-state index in [-0.39, 0.29) is 30.9 Å². The zero-order valence-corrected chi connectivity index (χ0v) is 30.0. The van der Waals surface area contributed by atoms with Crippen LogP contribution >= 0.6 is 0 Å². The van der Waals surface area contributed by atoms with Gasteiger partial charge in [-0.1, -0.05) is 107 Å². The van der Waals surface area contributed by atoms with E-state index in [0.717, 1.165) is 96.3 Å². The molecule has 9 heteroatoms. The number of hydrogen-bond donors (Lipinski definition) is 4. The van der Waals surface area contributed by atoms with Gasteiger partial charge in [0.25, 0.3) is 0 Å². The summed E-state index contributed by atoms with van der Waals surface area (Å²) in [7, 11) is 0. The molecule has 4 N–H and O–H groups in total. The maximum Gasteiger partial charge on any atom is 0.328 e. The van der Waals surface area contributed by atoms with E-state index >= 15 is 0 Å². The first-order valence-electron chi connectivity index (χ1n) is 18.5. The van der Waals surface area contributed by atoms with Gasteiger partial charge in [0.05, 0.1) is 13.2 Å². The van der Waals surface area contributed by atoms with Crippen molar-refractivity contribution < 1.29 is 34.1 Å². The highest BCUT2D eigenvalue weighted by Crippen LogP contribution is 2.17. The highest BCUT2D eigenvalue weighted by atomic mass is 16.5. The molecule has 0 aromatic rings. The maximum absolute atomic E-state index is 12.5. The van der Waals surface area contributed by atoms with E-state index in [1.165, 1.54) is 19.3 Å². The molecule has 2 unspecified atom stereocenters. The van der Waals surface area contributed by atoms with Gasteiger partial charge in [-0.05, 0) is 77.0 Å². The average molecular weight is 675 g/mol. The predicted octanol–water partition coefficient (Wildman–Crippen LogP) is 8.03. The number of allylic oxidation sites excluding steroid dienone is 8. The maximum atomic E-state index is 12.5. The number of hydrogen-bond acceptors (Lipinski definition) is 6. The van der Waals surface area contributed by atoms with Crippen LogP contribution < -0.4 is 10.6 Å². The number of carboxylic acid groups (broad SMARTS) is 1. The zero-order valence-electron chi connectivity index (χ0n) is 30.0. The Morgan fingerprint density at radius 2 is 1.19 bits per heavy atom. The summed E-state index contributed by atoms with van der Waals surface area (Å²) in [6.07, 6.45) is 37.5. The molecule has 0 aromatic heterocycles. The molecule has 0 bridgehead atoms. The number of carboxylic acids is 1. The minimum Gasteiger partial charge on any atom is -0.480 e. The minimum atomic E-state index is -1.39. The highest BCUT2D eigenvalue weighted by molar-refractivity contribution is 5.87. The molecule has 2 amide bonds. The van der Waals surface area contributed by atoms with Gasteiger partial charge in [-0.2, -0.15) is 0 Å². The van der Waals surface area contributed by atoms with Gasteiger partial charge in [0.2, 0.25) is 11.8 Å². The quantitative estimate of drug-likeness (QED) is 0.0321. The van der Waals surface area contributed by atoms with E-state index in [2.05, 4.69) is 73.1 Å². The Bertz CT molecular complexity index is 958.